The van der Waals surface area contributed by atoms with E-state index >= 15 is 0 Å². The third-order valence-electron chi connectivity index (χ3n) is 3.89. The molecule has 2 aromatic rings. The highest BCUT2D eigenvalue weighted by Gasteiger charge is 2.24. The van der Waals surface area contributed by atoms with Gasteiger partial charge < -0.3 is 15.5 Å². The van der Waals surface area contributed by atoms with Crippen molar-refractivity contribution in [2.75, 3.05) is 24.2 Å². The Balaban J connectivity index is 1.94. The number of carbonyl (C=O) groups excluding carboxylic acids is 2. The van der Waals surface area contributed by atoms with Crippen molar-refractivity contribution in [2.24, 2.45) is 0 Å². The molecule has 2 atom stereocenters. The van der Waals surface area contributed by atoms with Crippen LogP contribution in [-0.2, 0) is 9.59 Å². The zero-order valence-corrected chi connectivity index (χ0v) is 16.5. The van der Waals surface area contributed by atoms with Crippen LogP contribution in [0.25, 0.3) is 0 Å². The molecule has 1 unspecified atom stereocenters. The molecule has 0 fully saturated rings. The lowest BCUT2D eigenvalue weighted by Crippen LogP contribution is -3.14. The first kappa shape index (κ1) is 20.5. The van der Waals surface area contributed by atoms with Gasteiger partial charge in [0.2, 0.25) is 0 Å². The minimum atomic E-state index is -0.457. The average molecular weight is 416 g/mol. The fourth-order valence-electron chi connectivity index (χ4n) is 2.25. The molecule has 2 amide bonds. The normalized spacial score (nSPS) is 13.0. The molecule has 0 aliphatic carbocycles. The third-order valence-corrected chi connectivity index (χ3v) is 4.76. The first-order chi connectivity index (χ1) is 12.3. The number of halogens is 3. The van der Waals surface area contributed by atoms with Crippen LogP contribution in [0.2, 0.25) is 15.1 Å². The Bertz CT molecular complexity index is 794. The van der Waals surface area contributed by atoms with E-state index in [1.54, 1.807) is 56.4 Å². The molecule has 0 radical (unpaired) electrons. The van der Waals surface area contributed by atoms with Gasteiger partial charge in [0.05, 0.1) is 22.8 Å². The van der Waals surface area contributed by atoms with E-state index in [0.717, 1.165) is 0 Å². The van der Waals surface area contributed by atoms with Gasteiger partial charge in [-0.2, -0.15) is 0 Å². The standard InChI is InChI=1S/C18H18Cl3N3O2/c1-11(18(26)22-13-6-3-5-12(19)9-13)24(2)10-16(25)23-17-14(20)7-4-8-15(17)21/h3-9,11H,10H2,1-2H3,(H,22,26)(H,23,25)/p+1/t11-/m1/s1. The number of rotatable bonds is 6. The van der Waals surface area contributed by atoms with Crippen molar-refractivity contribution in [2.45, 2.75) is 13.0 Å². The summed E-state index contributed by atoms with van der Waals surface area (Å²) in [7, 11) is 1.76. The van der Waals surface area contributed by atoms with Crippen LogP contribution in [-0.4, -0.2) is 31.4 Å². The lowest BCUT2D eigenvalue weighted by molar-refractivity contribution is -0.885. The number of anilines is 2. The summed E-state index contributed by atoms with van der Waals surface area (Å²) in [6, 6.07) is 11.4. The molecule has 0 bridgehead atoms. The number of para-hydroxylation sites is 1. The smallest absolute Gasteiger partial charge is 0.282 e. The Morgan fingerprint density at radius 1 is 1.04 bits per heavy atom. The van der Waals surface area contributed by atoms with Gasteiger partial charge in [-0.1, -0.05) is 46.9 Å². The summed E-state index contributed by atoms with van der Waals surface area (Å²) < 4.78 is 0. The number of benzene rings is 2. The van der Waals surface area contributed by atoms with E-state index in [2.05, 4.69) is 10.6 Å². The second-order valence-corrected chi connectivity index (χ2v) is 7.14. The van der Waals surface area contributed by atoms with Gasteiger partial charge in [0.15, 0.2) is 12.6 Å². The summed E-state index contributed by atoms with van der Waals surface area (Å²) in [4.78, 5) is 25.3. The van der Waals surface area contributed by atoms with Gasteiger partial charge in [0.25, 0.3) is 11.8 Å². The number of hydrogen-bond acceptors (Lipinski definition) is 2. The number of amides is 2. The molecule has 0 aliphatic rings. The van der Waals surface area contributed by atoms with Crippen LogP contribution in [0.1, 0.15) is 6.92 Å². The Morgan fingerprint density at radius 2 is 1.65 bits per heavy atom. The van der Waals surface area contributed by atoms with Gasteiger partial charge >= 0.3 is 0 Å². The second kappa shape index (κ2) is 9.24. The molecule has 26 heavy (non-hydrogen) atoms. The Morgan fingerprint density at radius 3 is 2.27 bits per heavy atom. The zero-order valence-electron chi connectivity index (χ0n) is 14.3. The van der Waals surface area contributed by atoms with E-state index < -0.39 is 6.04 Å². The van der Waals surface area contributed by atoms with E-state index in [-0.39, 0.29) is 18.4 Å². The highest BCUT2D eigenvalue weighted by Crippen LogP contribution is 2.29. The van der Waals surface area contributed by atoms with Crippen molar-refractivity contribution in [3.05, 3.63) is 57.5 Å². The van der Waals surface area contributed by atoms with Gasteiger partial charge in [0.1, 0.15) is 0 Å². The Kier molecular flexibility index (Phi) is 7.29. The topological polar surface area (TPSA) is 62.6 Å². The van der Waals surface area contributed by atoms with Crippen LogP contribution in [0.3, 0.4) is 0 Å². The van der Waals surface area contributed by atoms with Crippen molar-refractivity contribution in [3.63, 3.8) is 0 Å². The van der Waals surface area contributed by atoms with Gasteiger partial charge in [0, 0.05) is 10.7 Å². The number of hydrogen-bond donors (Lipinski definition) is 3. The van der Waals surface area contributed by atoms with E-state index in [1.165, 1.54) is 0 Å². The first-order valence-corrected chi connectivity index (χ1v) is 9.04. The maximum absolute atomic E-state index is 12.4. The van der Waals surface area contributed by atoms with Crippen molar-refractivity contribution in [1.29, 1.82) is 0 Å². The number of nitrogens with one attached hydrogen (secondary N) is 3. The van der Waals surface area contributed by atoms with Crippen molar-refractivity contribution < 1.29 is 14.5 Å². The molecule has 0 saturated heterocycles. The summed E-state index contributed by atoms with van der Waals surface area (Å²) in [5.74, 6) is -0.506. The van der Waals surface area contributed by atoms with Crippen LogP contribution >= 0.6 is 34.8 Å². The van der Waals surface area contributed by atoms with Crippen molar-refractivity contribution in [3.8, 4) is 0 Å². The molecule has 5 nitrogen and oxygen atoms in total. The molecular formula is C18H19Cl3N3O2+. The average Bonchev–Trinajstić information content (AvgIpc) is 2.57. The summed E-state index contributed by atoms with van der Waals surface area (Å²) in [5, 5.41) is 6.72. The fraction of sp³-hybridized carbons (Fsp3) is 0.222. The highest BCUT2D eigenvalue weighted by atomic mass is 35.5. The summed E-state index contributed by atoms with van der Waals surface area (Å²) in [6.45, 7) is 1.82. The largest absolute Gasteiger partial charge is 0.321 e. The highest BCUT2D eigenvalue weighted by molar-refractivity contribution is 6.39. The molecule has 3 N–H and O–H groups in total. The zero-order chi connectivity index (χ0) is 19.3. The van der Waals surface area contributed by atoms with Gasteiger partial charge in [-0.3, -0.25) is 9.59 Å². The van der Waals surface area contributed by atoms with Crippen LogP contribution in [0, 0.1) is 0 Å². The fourth-order valence-corrected chi connectivity index (χ4v) is 2.93. The molecular weight excluding hydrogens is 397 g/mol. The van der Waals surface area contributed by atoms with Crippen LogP contribution in [0.4, 0.5) is 11.4 Å². The lowest BCUT2D eigenvalue weighted by Gasteiger charge is -2.21. The van der Waals surface area contributed by atoms with Crippen LogP contribution in [0.5, 0.6) is 0 Å². The maximum atomic E-state index is 12.4. The number of carbonyl (C=O) groups is 2. The van der Waals surface area contributed by atoms with Crippen LogP contribution < -0.4 is 15.5 Å². The molecule has 0 spiro atoms. The van der Waals surface area contributed by atoms with Crippen molar-refractivity contribution >= 4 is 58.0 Å². The second-order valence-electron chi connectivity index (χ2n) is 5.89. The lowest BCUT2D eigenvalue weighted by atomic mass is 10.2. The van der Waals surface area contributed by atoms with E-state index in [9.17, 15) is 9.59 Å². The maximum Gasteiger partial charge on any atom is 0.282 e. The van der Waals surface area contributed by atoms with Gasteiger partial charge in [-0.05, 0) is 37.3 Å². The van der Waals surface area contributed by atoms with E-state index in [0.29, 0.717) is 31.3 Å². The number of quaternary nitrogens is 1. The molecule has 138 valence electrons. The Hall–Kier alpha value is -1.79. The molecule has 0 heterocycles. The predicted molar refractivity (Wildman–Crippen MR) is 106 cm³/mol. The minimum absolute atomic E-state index is 0.0751. The molecule has 2 aromatic carbocycles. The Labute approximate surface area is 167 Å². The molecule has 8 heteroatoms. The van der Waals surface area contributed by atoms with Gasteiger partial charge in [-0.25, -0.2) is 0 Å². The molecule has 0 aromatic heterocycles. The van der Waals surface area contributed by atoms with E-state index in [4.69, 9.17) is 34.8 Å². The van der Waals surface area contributed by atoms with Gasteiger partial charge in [-0.15, -0.1) is 0 Å². The summed E-state index contributed by atoms with van der Waals surface area (Å²) >= 11 is 18.0. The molecule has 0 aliphatic heterocycles. The SMILES string of the molecule is C[C@H](C(=O)Nc1cccc(Cl)c1)[NH+](C)CC(=O)Nc1c(Cl)cccc1Cl. The van der Waals surface area contributed by atoms with Crippen LogP contribution in [0.15, 0.2) is 42.5 Å². The first-order valence-electron chi connectivity index (χ1n) is 7.90. The van der Waals surface area contributed by atoms with E-state index in [1.807, 2.05) is 0 Å². The quantitative estimate of drug-likeness (QED) is 0.679. The predicted octanol–water partition coefficient (Wildman–Crippen LogP) is 3.13. The minimum Gasteiger partial charge on any atom is -0.321 e. The molecule has 2 rings (SSSR count). The molecule has 0 saturated carbocycles. The van der Waals surface area contributed by atoms with Crippen molar-refractivity contribution in [1.82, 2.24) is 0 Å². The number of likely N-dealkylation sites (N-methyl/N-ethyl adjacent to an activating group) is 1. The summed E-state index contributed by atoms with van der Waals surface area (Å²) in [6.07, 6.45) is 0. The monoisotopic (exact) mass is 414 g/mol. The third kappa shape index (κ3) is 5.61. The summed E-state index contributed by atoms with van der Waals surface area (Å²) in [5.41, 5.74) is 0.971.